The lowest BCUT2D eigenvalue weighted by molar-refractivity contribution is -0.191. The van der Waals surface area contributed by atoms with Crippen LogP contribution in [0.5, 0.6) is 0 Å². The van der Waals surface area contributed by atoms with Crippen LogP contribution in [-0.4, -0.2) is 23.6 Å². The summed E-state index contributed by atoms with van der Waals surface area (Å²) in [6, 6.07) is 9.03. The molecule has 1 saturated heterocycles. The number of nitrogens with zero attached hydrogens (tertiary/aromatic N) is 1. The number of halogens is 3. The Morgan fingerprint density at radius 1 is 1.21 bits per heavy atom. The summed E-state index contributed by atoms with van der Waals surface area (Å²) in [7, 11) is 0. The maximum absolute atomic E-state index is 13.8. The van der Waals surface area contributed by atoms with E-state index in [0.29, 0.717) is 12.0 Å². The van der Waals surface area contributed by atoms with Gasteiger partial charge in [0.05, 0.1) is 0 Å². The van der Waals surface area contributed by atoms with E-state index in [9.17, 15) is 18.0 Å². The summed E-state index contributed by atoms with van der Waals surface area (Å²) in [5, 5.41) is 2.72. The number of hydrogen-bond acceptors (Lipinski definition) is 2. The molecule has 1 N–H and O–H groups in total. The number of benzene rings is 2. The molecular weight excluding hydrogens is 317 g/mol. The van der Waals surface area contributed by atoms with E-state index in [1.54, 1.807) is 6.07 Å². The van der Waals surface area contributed by atoms with Gasteiger partial charge < -0.3 is 0 Å². The average molecular weight is 336 g/mol. The van der Waals surface area contributed by atoms with Crippen molar-refractivity contribution < 1.29 is 18.0 Å². The number of fused-ring (bicyclic) bond motifs is 1. The van der Waals surface area contributed by atoms with Crippen molar-refractivity contribution in [3.8, 4) is 0 Å². The van der Waals surface area contributed by atoms with E-state index in [4.69, 9.17) is 0 Å². The molecule has 3 nitrogen and oxygen atoms in total. The minimum atomic E-state index is -4.47. The van der Waals surface area contributed by atoms with Crippen LogP contribution in [0.1, 0.15) is 36.9 Å². The van der Waals surface area contributed by atoms with Crippen molar-refractivity contribution in [2.24, 2.45) is 0 Å². The van der Waals surface area contributed by atoms with Gasteiger partial charge in [-0.3, -0.25) is 10.2 Å². The number of carbonyl (C=O) groups excluding carboxylic acids is 1. The van der Waals surface area contributed by atoms with Gasteiger partial charge in [-0.05, 0) is 34.4 Å². The second-order valence-corrected chi connectivity index (χ2v) is 6.07. The first-order valence-electron chi connectivity index (χ1n) is 8.04. The highest BCUT2D eigenvalue weighted by atomic mass is 19.4. The molecule has 0 radical (unpaired) electrons. The van der Waals surface area contributed by atoms with Crippen molar-refractivity contribution >= 4 is 16.7 Å². The van der Waals surface area contributed by atoms with Crippen molar-refractivity contribution in [1.29, 1.82) is 0 Å². The Bertz CT molecular complexity index is 758. The van der Waals surface area contributed by atoms with Crippen LogP contribution in [0, 0.1) is 0 Å². The molecule has 3 rings (SSSR count). The summed E-state index contributed by atoms with van der Waals surface area (Å²) in [4.78, 5) is 11.4. The van der Waals surface area contributed by atoms with Crippen molar-refractivity contribution in [2.75, 3.05) is 6.54 Å². The Labute approximate surface area is 138 Å². The smallest absolute Gasteiger partial charge is 0.288 e. The highest BCUT2D eigenvalue weighted by Crippen LogP contribution is 2.40. The molecule has 0 aliphatic carbocycles. The molecule has 0 unspecified atom stereocenters. The van der Waals surface area contributed by atoms with E-state index in [1.807, 2.05) is 37.3 Å². The van der Waals surface area contributed by atoms with Gasteiger partial charge in [0.1, 0.15) is 6.04 Å². The number of hydrogen-bond donors (Lipinski definition) is 1. The van der Waals surface area contributed by atoms with Crippen LogP contribution in [0.2, 0.25) is 0 Å². The summed E-state index contributed by atoms with van der Waals surface area (Å²) in [6.45, 7) is 2.00. The van der Waals surface area contributed by atoms with Gasteiger partial charge in [-0.15, -0.1) is 0 Å². The number of alkyl halides is 3. The largest absolute Gasteiger partial charge is 0.409 e. The van der Waals surface area contributed by atoms with E-state index >= 15 is 0 Å². The zero-order chi connectivity index (χ0) is 17.3. The van der Waals surface area contributed by atoms with Crippen LogP contribution in [0.25, 0.3) is 10.8 Å². The van der Waals surface area contributed by atoms with Crippen molar-refractivity contribution in [3.63, 3.8) is 0 Å². The van der Waals surface area contributed by atoms with Gasteiger partial charge in [0.25, 0.3) is 0 Å². The first-order valence-corrected chi connectivity index (χ1v) is 8.04. The first-order chi connectivity index (χ1) is 11.4. The van der Waals surface area contributed by atoms with Crippen LogP contribution in [0.3, 0.4) is 0 Å². The molecule has 1 aliphatic heterocycles. The lowest BCUT2D eigenvalue weighted by Gasteiger charge is -2.31. The predicted molar refractivity (Wildman–Crippen MR) is 86.2 cm³/mol. The molecule has 6 heteroatoms. The van der Waals surface area contributed by atoms with E-state index < -0.39 is 12.2 Å². The van der Waals surface area contributed by atoms with E-state index in [1.165, 1.54) is 0 Å². The van der Waals surface area contributed by atoms with Crippen molar-refractivity contribution in [3.05, 3.63) is 47.5 Å². The third-order valence-electron chi connectivity index (χ3n) is 4.29. The standard InChI is InChI=1S/C18H19F3N2O/c1-2-5-14-10-12-6-3-4-7-13(12)11-15(14)17(18(19,20)21)23-9-8-16(24)22-23/h3-4,6-7,10-11,17H,2,5,8-9H2,1H3,(H,22,24)/t17-/m0/s1. The number of nitrogens with one attached hydrogen (secondary N) is 1. The molecule has 2 aromatic carbocycles. The topological polar surface area (TPSA) is 32.3 Å². The highest BCUT2D eigenvalue weighted by Gasteiger charge is 2.47. The number of aryl methyl sites for hydroxylation is 1. The predicted octanol–water partition coefficient (Wildman–Crippen LogP) is 4.13. The van der Waals surface area contributed by atoms with Gasteiger partial charge >= 0.3 is 6.18 Å². The Kier molecular flexibility index (Phi) is 4.49. The molecule has 1 atom stereocenters. The van der Waals surface area contributed by atoms with Crippen LogP contribution >= 0.6 is 0 Å². The molecule has 0 saturated carbocycles. The maximum Gasteiger partial charge on any atom is 0.409 e. The maximum atomic E-state index is 13.8. The Hall–Kier alpha value is -2.08. The number of amides is 1. The summed E-state index contributed by atoms with van der Waals surface area (Å²) in [5.74, 6) is -0.373. The van der Waals surface area contributed by atoms with E-state index in [2.05, 4.69) is 5.43 Å². The van der Waals surface area contributed by atoms with E-state index in [-0.39, 0.29) is 24.4 Å². The summed E-state index contributed by atoms with van der Waals surface area (Å²) in [5.41, 5.74) is 3.26. The normalized spacial score (nSPS) is 17.2. The summed E-state index contributed by atoms with van der Waals surface area (Å²) < 4.78 is 41.4. The van der Waals surface area contributed by atoms with Gasteiger partial charge in [0.15, 0.2) is 0 Å². The monoisotopic (exact) mass is 336 g/mol. The number of rotatable bonds is 4. The third-order valence-corrected chi connectivity index (χ3v) is 4.29. The molecule has 1 heterocycles. The molecule has 0 spiro atoms. The minimum absolute atomic E-state index is 0.0569. The molecule has 1 amide bonds. The first kappa shape index (κ1) is 16.8. The van der Waals surface area contributed by atoms with Gasteiger partial charge in [-0.25, -0.2) is 5.01 Å². The molecule has 2 aromatic rings. The zero-order valence-corrected chi connectivity index (χ0v) is 13.4. The fourth-order valence-corrected chi connectivity index (χ4v) is 3.25. The summed E-state index contributed by atoms with van der Waals surface area (Å²) >= 11 is 0. The third kappa shape index (κ3) is 3.24. The molecule has 0 aromatic heterocycles. The zero-order valence-electron chi connectivity index (χ0n) is 13.4. The quantitative estimate of drug-likeness (QED) is 0.910. The van der Waals surface area contributed by atoms with Gasteiger partial charge in [-0.1, -0.05) is 43.7 Å². The molecule has 1 fully saturated rings. The second kappa shape index (κ2) is 6.43. The second-order valence-electron chi connectivity index (χ2n) is 6.07. The Balaban J connectivity index is 2.14. The molecule has 0 bridgehead atoms. The van der Waals surface area contributed by atoms with Crippen LogP contribution in [0.4, 0.5) is 13.2 Å². The van der Waals surface area contributed by atoms with Gasteiger partial charge in [0.2, 0.25) is 5.91 Å². The SMILES string of the molecule is CCCc1cc2ccccc2cc1[C@H](N1CCC(=O)N1)C(F)(F)F. The molecular formula is C18H19F3N2O. The Morgan fingerprint density at radius 3 is 2.42 bits per heavy atom. The molecule has 24 heavy (non-hydrogen) atoms. The fourth-order valence-electron chi connectivity index (χ4n) is 3.25. The molecule has 128 valence electrons. The fraction of sp³-hybridized carbons (Fsp3) is 0.389. The average Bonchev–Trinajstić information content (AvgIpc) is 2.92. The van der Waals surface area contributed by atoms with Crippen LogP contribution in [0.15, 0.2) is 36.4 Å². The van der Waals surface area contributed by atoms with Gasteiger partial charge in [0, 0.05) is 13.0 Å². The number of carbonyl (C=O) groups is 1. The van der Waals surface area contributed by atoms with Gasteiger partial charge in [-0.2, -0.15) is 13.2 Å². The number of hydrazine groups is 1. The molecule has 1 aliphatic rings. The van der Waals surface area contributed by atoms with Crippen LogP contribution < -0.4 is 5.43 Å². The van der Waals surface area contributed by atoms with E-state index in [0.717, 1.165) is 22.2 Å². The Morgan fingerprint density at radius 2 is 1.88 bits per heavy atom. The van der Waals surface area contributed by atoms with Crippen molar-refractivity contribution in [2.45, 2.75) is 38.4 Å². The van der Waals surface area contributed by atoms with Crippen LogP contribution in [-0.2, 0) is 11.2 Å². The highest BCUT2D eigenvalue weighted by molar-refractivity contribution is 5.84. The van der Waals surface area contributed by atoms with Crippen molar-refractivity contribution in [1.82, 2.24) is 10.4 Å². The lowest BCUT2D eigenvalue weighted by atomic mass is 9.92. The minimum Gasteiger partial charge on any atom is -0.288 e. The summed E-state index contributed by atoms with van der Waals surface area (Å²) in [6.07, 6.45) is -3.07. The lowest BCUT2D eigenvalue weighted by Crippen LogP contribution is -2.44.